The molecule has 0 unspecified atom stereocenters. The van der Waals surface area contributed by atoms with Crippen LogP contribution in [0.4, 0.5) is 0 Å². The van der Waals surface area contributed by atoms with Crippen molar-refractivity contribution >= 4 is 22.6 Å². The van der Waals surface area contributed by atoms with Gasteiger partial charge in [-0.25, -0.2) is 5.10 Å². The third-order valence-electron chi connectivity index (χ3n) is 3.93. The molecule has 27 heavy (non-hydrogen) atoms. The topological polar surface area (TPSA) is 113 Å². The minimum Gasteiger partial charge on any atom is -0.484 e. The average molecular weight is 366 g/mol. The third kappa shape index (κ3) is 4.30. The molecule has 0 fully saturated rings. The second-order valence-corrected chi connectivity index (χ2v) is 5.74. The van der Waals surface area contributed by atoms with E-state index in [2.05, 4.69) is 21.0 Å². The van der Waals surface area contributed by atoms with E-state index >= 15 is 0 Å². The SMILES string of the molecule is CCc1ccc(OCC(=O)NNC(=O)c2n[nH]c(=O)c3ccccc23)cc1. The van der Waals surface area contributed by atoms with E-state index in [1.807, 2.05) is 19.1 Å². The summed E-state index contributed by atoms with van der Waals surface area (Å²) in [5, 5.41) is 6.75. The summed E-state index contributed by atoms with van der Waals surface area (Å²) in [6.45, 7) is 1.79. The number of ether oxygens (including phenoxy) is 1. The first-order valence-electron chi connectivity index (χ1n) is 8.37. The van der Waals surface area contributed by atoms with Crippen LogP contribution in [0, 0.1) is 0 Å². The molecule has 3 rings (SSSR count). The summed E-state index contributed by atoms with van der Waals surface area (Å²) in [5.41, 5.74) is 5.29. The van der Waals surface area contributed by atoms with Gasteiger partial charge in [-0.2, -0.15) is 5.10 Å². The van der Waals surface area contributed by atoms with E-state index in [4.69, 9.17) is 4.74 Å². The molecule has 1 aromatic heterocycles. The van der Waals surface area contributed by atoms with Crippen LogP contribution in [0.15, 0.2) is 53.3 Å². The molecule has 0 aliphatic rings. The van der Waals surface area contributed by atoms with Crippen molar-refractivity contribution < 1.29 is 14.3 Å². The molecule has 138 valence electrons. The first kappa shape index (κ1) is 18.1. The van der Waals surface area contributed by atoms with Gasteiger partial charge in [0.05, 0.1) is 5.39 Å². The van der Waals surface area contributed by atoms with Crippen molar-refractivity contribution in [2.45, 2.75) is 13.3 Å². The number of fused-ring (bicyclic) bond motifs is 1. The van der Waals surface area contributed by atoms with Gasteiger partial charge in [0.1, 0.15) is 5.75 Å². The Hall–Kier alpha value is -3.68. The monoisotopic (exact) mass is 366 g/mol. The Kier molecular flexibility index (Phi) is 5.46. The van der Waals surface area contributed by atoms with Crippen LogP contribution < -0.4 is 21.1 Å². The molecule has 0 bridgehead atoms. The molecule has 8 heteroatoms. The smallest absolute Gasteiger partial charge is 0.290 e. The van der Waals surface area contributed by atoms with Gasteiger partial charge in [-0.05, 0) is 30.2 Å². The lowest BCUT2D eigenvalue weighted by atomic mass is 10.1. The van der Waals surface area contributed by atoms with Gasteiger partial charge in [-0.1, -0.05) is 37.3 Å². The van der Waals surface area contributed by atoms with E-state index in [1.54, 1.807) is 36.4 Å². The Labute approximate surface area is 154 Å². The molecule has 0 radical (unpaired) electrons. The summed E-state index contributed by atoms with van der Waals surface area (Å²) in [6, 6.07) is 14.0. The predicted molar refractivity (Wildman–Crippen MR) is 99.3 cm³/mol. The van der Waals surface area contributed by atoms with Crippen LogP contribution in [0.5, 0.6) is 5.75 Å². The summed E-state index contributed by atoms with van der Waals surface area (Å²) in [5.74, 6) is -0.623. The van der Waals surface area contributed by atoms with Crippen molar-refractivity contribution in [3.63, 3.8) is 0 Å². The fraction of sp³-hybridized carbons (Fsp3) is 0.158. The maximum atomic E-state index is 12.3. The lowest BCUT2D eigenvalue weighted by molar-refractivity contribution is -0.123. The van der Waals surface area contributed by atoms with Crippen LogP contribution in [-0.4, -0.2) is 28.6 Å². The average Bonchev–Trinajstić information content (AvgIpc) is 2.71. The Morgan fingerprint density at radius 1 is 1.04 bits per heavy atom. The van der Waals surface area contributed by atoms with Gasteiger partial charge >= 0.3 is 0 Å². The van der Waals surface area contributed by atoms with E-state index in [1.165, 1.54) is 5.56 Å². The summed E-state index contributed by atoms with van der Waals surface area (Å²) in [7, 11) is 0. The van der Waals surface area contributed by atoms with Crippen molar-refractivity contribution in [3.05, 3.63) is 70.1 Å². The molecule has 0 spiro atoms. The first-order chi connectivity index (χ1) is 13.1. The fourth-order valence-electron chi connectivity index (χ4n) is 2.48. The summed E-state index contributed by atoms with van der Waals surface area (Å²) < 4.78 is 5.36. The highest BCUT2D eigenvalue weighted by atomic mass is 16.5. The number of carbonyl (C=O) groups is 2. The van der Waals surface area contributed by atoms with E-state index in [0.717, 1.165) is 6.42 Å². The van der Waals surface area contributed by atoms with Crippen LogP contribution in [0.2, 0.25) is 0 Å². The van der Waals surface area contributed by atoms with Crippen LogP contribution >= 0.6 is 0 Å². The van der Waals surface area contributed by atoms with Crippen molar-refractivity contribution in [2.24, 2.45) is 0 Å². The van der Waals surface area contributed by atoms with Gasteiger partial charge in [0.15, 0.2) is 12.3 Å². The maximum absolute atomic E-state index is 12.3. The van der Waals surface area contributed by atoms with Crippen molar-refractivity contribution in [3.8, 4) is 5.75 Å². The first-order valence-corrected chi connectivity index (χ1v) is 8.37. The number of hydrogen-bond acceptors (Lipinski definition) is 5. The highest BCUT2D eigenvalue weighted by molar-refractivity contribution is 6.05. The molecule has 0 aliphatic heterocycles. The van der Waals surface area contributed by atoms with E-state index < -0.39 is 17.4 Å². The largest absolute Gasteiger partial charge is 0.484 e. The van der Waals surface area contributed by atoms with Gasteiger partial charge < -0.3 is 4.74 Å². The quantitative estimate of drug-likeness (QED) is 0.590. The lowest BCUT2D eigenvalue weighted by Crippen LogP contribution is -2.44. The second-order valence-electron chi connectivity index (χ2n) is 5.74. The number of amides is 2. The van der Waals surface area contributed by atoms with E-state index in [-0.39, 0.29) is 12.3 Å². The number of nitrogens with one attached hydrogen (secondary N) is 3. The van der Waals surface area contributed by atoms with E-state index in [9.17, 15) is 14.4 Å². The molecule has 3 N–H and O–H groups in total. The van der Waals surface area contributed by atoms with Crippen LogP contribution in [-0.2, 0) is 11.2 Å². The number of carbonyl (C=O) groups excluding carboxylic acids is 2. The van der Waals surface area contributed by atoms with Crippen LogP contribution in [0.25, 0.3) is 10.8 Å². The minimum absolute atomic E-state index is 0.00146. The molecule has 0 atom stereocenters. The number of H-pyrrole nitrogens is 1. The highest BCUT2D eigenvalue weighted by Crippen LogP contribution is 2.13. The Bertz CT molecular complexity index is 1030. The normalized spacial score (nSPS) is 10.4. The third-order valence-corrected chi connectivity index (χ3v) is 3.93. The van der Waals surface area contributed by atoms with E-state index in [0.29, 0.717) is 16.5 Å². The van der Waals surface area contributed by atoms with Gasteiger partial charge in [0.2, 0.25) is 0 Å². The molecule has 0 aliphatic carbocycles. The zero-order valence-electron chi connectivity index (χ0n) is 14.6. The zero-order valence-corrected chi connectivity index (χ0v) is 14.6. The Balaban J connectivity index is 1.58. The summed E-state index contributed by atoms with van der Waals surface area (Å²) >= 11 is 0. The predicted octanol–water partition coefficient (Wildman–Crippen LogP) is 1.33. The molecule has 2 aromatic carbocycles. The Morgan fingerprint density at radius 3 is 2.44 bits per heavy atom. The number of aromatic nitrogens is 2. The van der Waals surface area contributed by atoms with Crippen molar-refractivity contribution in [1.82, 2.24) is 21.0 Å². The van der Waals surface area contributed by atoms with Crippen molar-refractivity contribution in [2.75, 3.05) is 6.61 Å². The number of hydrazine groups is 1. The maximum Gasteiger partial charge on any atom is 0.290 e. The van der Waals surface area contributed by atoms with Crippen LogP contribution in [0.1, 0.15) is 23.0 Å². The second kappa shape index (κ2) is 8.13. The molecule has 1 heterocycles. The number of rotatable bonds is 5. The van der Waals surface area contributed by atoms with Crippen molar-refractivity contribution in [1.29, 1.82) is 0 Å². The molecule has 2 amide bonds. The highest BCUT2D eigenvalue weighted by Gasteiger charge is 2.14. The minimum atomic E-state index is -0.650. The fourth-order valence-corrected chi connectivity index (χ4v) is 2.48. The molecule has 3 aromatic rings. The van der Waals surface area contributed by atoms with Gasteiger partial charge in [-0.15, -0.1) is 0 Å². The zero-order chi connectivity index (χ0) is 19.2. The van der Waals surface area contributed by atoms with Gasteiger partial charge in [0, 0.05) is 5.39 Å². The number of nitrogens with zero attached hydrogens (tertiary/aromatic N) is 1. The summed E-state index contributed by atoms with van der Waals surface area (Å²) in [6.07, 6.45) is 0.917. The summed E-state index contributed by atoms with van der Waals surface area (Å²) in [4.78, 5) is 35.9. The molecule has 0 saturated heterocycles. The lowest BCUT2D eigenvalue weighted by Gasteiger charge is -2.09. The standard InChI is InChI=1S/C19H18N4O4/c1-2-12-7-9-13(10-8-12)27-11-16(24)20-23-19(26)17-14-5-3-4-6-15(14)18(25)22-21-17/h3-10H,2,11H2,1H3,(H,20,24)(H,22,25)(H,23,26). The number of benzene rings is 2. The van der Waals surface area contributed by atoms with Crippen LogP contribution in [0.3, 0.4) is 0 Å². The molecule has 8 nitrogen and oxygen atoms in total. The molecular weight excluding hydrogens is 348 g/mol. The number of aryl methyl sites for hydroxylation is 1. The Morgan fingerprint density at radius 2 is 1.74 bits per heavy atom. The number of aromatic amines is 1. The van der Waals surface area contributed by atoms with Gasteiger partial charge in [-0.3, -0.25) is 25.2 Å². The number of hydrogen-bond donors (Lipinski definition) is 3. The van der Waals surface area contributed by atoms with Gasteiger partial charge in [0.25, 0.3) is 17.4 Å². The molecular formula is C19H18N4O4. The molecule has 0 saturated carbocycles.